The Morgan fingerprint density at radius 2 is 1.86 bits per heavy atom. The van der Waals surface area contributed by atoms with E-state index < -0.39 is 28.3 Å². The van der Waals surface area contributed by atoms with Gasteiger partial charge in [0.25, 0.3) is 0 Å². The van der Waals surface area contributed by atoms with Crippen LogP contribution in [0.15, 0.2) is 30.3 Å². The maximum atomic E-state index is 13.5. The van der Waals surface area contributed by atoms with Crippen molar-refractivity contribution in [2.75, 3.05) is 12.8 Å². The lowest BCUT2D eigenvalue weighted by Crippen LogP contribution is -2.59. The predicted molar refractivity (Wildman–Crippen MR) is 75.6 cm³/mol. The fourth-order valence-corrected chi connectivity index (χ4v) is 4.73. The van der Waals surface area contributed by atoms with Crippen molar-refractivity contribution < 1.29 is 21.6 Å². The second kappa shape index (κ2) is 5.21. The number of nitrogens with zero attached hydrogens (tertiary/aromatic N) is 2. The van der Waals surface area contributed by atoms with Crippen molar-refractivity contribution >= 4 is 10.0 Å². The minimum atomic E-state index is -4.45. The van der Waals surface area contributed by atoms with E-state index in [0.29, 0.717) is 0 Å². The lowest BCUT2D eigenvalue weighted by atomic mass is 10.1. The molecule has 0 amide bonds. The first-order chi connectivity index (χ1) is 10.2. The molecule has 8 heteroatoms. The number of likely N-dealkylation sites (tertiary alicyclic amines) is 1. The molecule has 3 rings (SSSR count). The van der Waals surface area contributed by atoms with Crippen molar-refractivity contribution in [1.82, 2.24) is 9.21 Å². The van der Waals surface area contributed by atoms with Crippen molar-refractivity contribution in [3.63, 3.8) is 0 Å². The normalized spacial score (nSPS) is 30.1. The zero-order chi connectivity index (χ0) is 16.1. The highest BCUT2D eigenvalue weighted by Crippen LogP contribution is 2.44. The number of halogens is 3. The molecule has 2 aliphatic rings. The topological polar surface area (TPSA) is 40.6 Å². The van der Waals surface area contributed by atoms with Crippen LogP contribution in [0.2, 0.25) is 0 Å². The molecule has 0 radical (unpaired) electrons. The number of hydrogen-bond donors (Lipinski definition) is 0. The summed E-state index contributed by atoms with van der Waals surface area (Å²) in [6, 6.07) is 5.83. The molecule has 2 aliphatic heterocycles. The van der Waals surface area contributed by atoms with E-state index in [-0.39, 0.29) is 25.6 Å². The molecule has 1 aromatic rings. The van der Waals surface area contributed by atoms with E-state index in [4.69, 9.17) is 0 Å². The molecule has 0 saturated carbocycles. The predicted octanol–water partition coefficient (Wildman–Crippen LogP) is 1.84. The Bertz CT molecular complexity index is 648. The zero-order valence-electron chi connectivity index (χ0n) is 12.0. The first-order valence-electron chi connectivity index (χ1n) is 7.01. The average molecular weight is 334 g/mol. The second-order valence-electron chi connectivity index (χ2n) is 5.93. The molecule has 3 atom stereocenters. The summed E-state index contributed by atoms with van der Waals surface area (Å²) in [5.41, 5.74) is 0.801. The van der Waals surface area contributed by atoms with Gasteiger partial charge in [-0.15, -0.1) is 0 Å². The summed E-state index contributed by atoms with van der Waals surface area (Å²) >= 11 is 0. The van der Waals surface area contributed by atoms with Gasteiger partial charge >= 0.3 is 6.18 Å². The van der Waals surface area contributed by atoms with Crippen molar-refractivity contribution in [2.45, 2.75) is 37.3 Å². The van der Waals surface area contributed by atoms with Gasteiger partial charge in [0.15, 0.2) is 0 Å². The van der Waals surface area contributed by atoms with Crippen molar-refractivity contribution in [1.29, 1.82) is 0 Å². The fourth-order valence-electron chi connectivity index (χ4n) is 3.60. The van der Waals surface area contributed by atoms with E-state index in [9.17, 15) is 21.6 Å². The molecule has 2 bridgehead atoms. The number of piperazine rings is 1. The van der Waals surface area contributed by atoms with Gasteiger partial charge < -0.3 is 0 Å². The highest BCUT2D eigenvalue weighted by molar-refractivity contribution is 7.88. The van der Waals surface area contributed by atoms with Crippen LogP contribution in [-0.2, 0) is 16.6 Å². The van der Waals surface area contributed by atoms with Gasteiger partial charge in [-0.3, -0.25) is 4.90 Å². The van der Waals surface area contributed by atoms with E-state index in [2.05, 4.69) is 0 Å². The van der Waals surface area contributed by atoms with Crippen LogP contribution in [0.5, 0.6) is 0 Å². The smallest absolute Gasteiger partial charge is 0.282 e. The highest BCUT2D eigenvalue weighted by Gasteiger charge is 2.62. The van der Waals surface area contributed by atoms with Crippen LogP contribution in [0.3, 0.4) is 0 Å². The van der Waals surface area contributed by atoms with E-state index >= 15 is 0 Å². The van der Waals surface area contributed by atoms with Crippen LogP contribution >= 0.6 is 0 Å². The summed E-state index contributed by atoms with van der Waals surface area (Å²) in [7, 11) is -3.62. The van der Waals surface area contributed by atoms with Gasteiger partial charge in [-0.25, -0.2) is 8.42 Å². The first kappa shape index (κ1) is 15.8. The number of hydrogen-bond acceptors (Lipinski definition) is 3. The number of rotatable bonds is 3. The number of benzene rings is 1. The van der Waals surface area contributed by atoms with Crippen LogP contribution in [0.25, 0.3) is 0 Å². The third kappa shape index (κ3) is 2.75. The zero-order valence-corrected chi connectivity index (χ0v) is 12.8. The van der Waals surface area contributed by atoms with Crippen LogP contribution < -0.4 is 0 Å². The number of sulfonamides is 1. The molecule has 0 spiro atoms. The van der Waals surface area contributed by atoms with Gasteiger partial charge in [0.05, 0.1) is 12.3 Å². The van der Waals surface area contributed by atoms with E-state index in [0.717, 1.165) is 16.1 Å². The van der Waals surface area contributed by atoms with Gasteiger partial charge in [-0.2, -0.15) is 17.5 Å². The van der Waals surface area contributed by atoms with E-state index in [1.54, 1.807) is 24.3 Å². The molecule has 2 saturated heterocycles. The van der Waals surface area contributed by atoms with E-state index in [1.807, 2.05) is 6.07 Å². The summed E-state index contributed by atoms with van der Waals surface area (Å²) in [6.07, 6.45) is -3.23. The third-order valence-corrected chi connectivity index (χ3v) is 5.71. The monoisotopic (exact) mass is 334 g/mol. The summed E-state index contributed by atoms with van der Waals surface area (Å²) < 4.78 is 64.8. The quantitative estimate of drug-likeness (QED) is 0.847. The van der Waals surface area contributed by atoms with Gasteiger partial charge in [0.2, 0.25) is 10.0 Å². The third-order valence-electron chi connectivity index (χ3n) is 4.43. The van der Waals surface area contributed by atoms with Gasteiger partial charge in [0.1, 0.15) is 6.04 Å². The van der Waals surface area contributed by atoms with Gasteiger partial charge in [-0.1, -0.05) is 30.3 Å². The lowest BCUT2D eigenvalue weighted by molar-refractivity contribution is -0.195. The van der Waals surface area contributed by atoms with Crippen molar-refractivity contribution in [3.8, 4) is 0 Å². The van der Waals surface area contributed by atoms with Crippen molar-refractivity contribution in [2.24, 2.45) is 0 Å². The molecule has 3 unspecified atom stereocenters. The standard InChI is InChI=1S/C14H17F3N2O2S/c1-22(20,21)19-9-11-7-12(19)13(14(15,16)17)18(11)8-10-5-3-2-4-6-10/h2-6,11-13H,7-9H2,1H3. The lowest BCUT2D eigenvalue weighted by Gasteiger charge is -2.40. The second-order valence-corrected chi connectivity index (χ2v) is 7.87. The molecule has 0 aromatic heterocycles. The Kier molecular flexibility index (Phi) is 3.73. The Morgan fingerprint density at radius 3 is 2.41 bits per heavy atom. The molecule has 2 heterocycles. The molecular formula is C14H17F3N2O2S. The average Bonchev–Trinajstić information content (AvgIpc) is 2.96. The Hall–Kier alpha value is -1.12. The Morgan fingerprint density at radius 1 is 1.23 bits per heavy atom. The molecule has 0 N–H and O–H groups in total. The summed E-state index contributed by atoms with van der Waals surface area (Å²) in [4.78, 5) is 1.40. The maximum Gasteiger partial charge on any atom is 0.405 e. The van der Waals surface area contributed by atoms with E-state index in [1.165, 1.54) is 4.90 Å². The first-order valence-corrected chi connectivity index (χ1v) is 8.86. The summed E-state index contributed by atoms with van der Waals surface area (Å²) in [5, 5.41) is 0. The number of alkyl halides is 3. The molecule has 122 valence electrons. The maximum absolute atomic E-state index is 13.5. The molecule has 0 aliphatic carbocycles. The van der Waals surface area contributed by atoms with Crippen LogP contribution in [0, 0.1) is 0 Å². The Labute approximate surface area is 127 Å². The number of fused-ring (bicyclic) bond motifs is 2. The van der Waals surface area contributed by atoms with Gasteiger partial charge in [0, 0.05) is 19.1 Å². The van der Waals surface area contributed by atoms with Crippen LogP contribution in [-0.4, -0.2) is 54.7 Å². The Balaban J connectivity index is 1.89. The summed E-state index contributed by atoms with van der Waals surface area (Å²) in [5.74, 6) is 0. The highest BCUT2D eigenvalue weighted by atomic mass is 32.2. The largest absolute Gasteiger partial charge is 0.405 e. The molecular weight excluding hydrogens is 317 g/mol. The van der Waals surface area contributed by atoms with Crippen molar-refractivity contribution in [3.05, 3.63) is 35.9 Å². The van der Waals surface area contributed by atoms with Gasteiger partial charge in [-0.05, 0) is 12.0 Å². The van der Waals surface area contributed by atoms with Crippen LogP contribution in [0.4, 0.5) is 13.2 Å². The molecule has 2 fully saturated rings. The fraction of sp³-hybridized carbons (Fsp3) is 0.571. The SMILES string of the molecule is CS(=O)(=O)N1CC2CC1C(C(F)(F)F)N2Cc1ccccc1. The molecule has 4 nitrogen and oxygen atoms in total. The minimum Gasteiger partial charge on any atom is -0.282 e. The van der Waals surface area contributed by atoms with Crippen LogP contribution in [0.1, 0.15) is 12.0 Å². The summed E-state index contributed by atoms with van der Waals surface area (Å²) in [6.45, 7) is 0.326. The molecule has 22 heavy (non-hydrogen) atoms. The minimum absolute atomic E-state index is 0.142. The molecule has 1 aromatic carbocycles.